The summed E-state index contributed by atoms with van der Waals surface area (Å²) in [6.07, 6.45) is 1.76. The SMILES string of the molecule is Cc1ccc(C)c(CSc2nnc(NC(=O)c3ccc(S(=O)(=O)N4CCCC4)cc3)s2)c1. The Hall–Kier alpha value is -2.27. The van der Waals surface area contributed by atoms with Crippen molar-refractivity contribution in [2.75, 3.05) is 18.4 Å². The average Bonchev–Trinajstić information content (AvgIpc) is 3.47. The lowest BCUT2D eigenvalue weighted by Gasteiger charge is -2.15. The van der Waals surface area contributed by atoms with E-state index in [1.807, 2.05) is 0 Å². The van der Waals surface area contributed by atoms with Gasteiger partial charge in [-0.25, -0.2) is 8.42 Å². The maximum atomic E-state index is 12.6. The summed E-state index contributed by atoms with van der Waals surface area (Å²) in [5, 5.41) is 11.4. The first-order chi connectivity index (χ1) is 15.3. The monoisotopic (exact) mass is 488 g/mol. The predicted molar refractivity (Wildman–Crippen MR) is 128 cm³/mol. The second-order valence-corrected chi connectivity index (χ2v) is 11.8. The number of hydrogen-bond acceptors (Lipinski definition) is 7. The molecule has 168 valence electrons. The standard InChI is InChI=1S/C22H24N4O3S3/c1-15-5-6-16(2)18(13-15)14-30-22-25-24-21(31-22)23-20(27)17-7-9-19(10-8-17)32(28,29)26-11-3-4-12-26/h5-10,13H,3-4,11-12,14H2,1-2H3,(H,23,24,27). The van der Waals surface area contributed by atoms with Crippen molar-refractivity contribution in [3.63, 3.8) is 0 Å². The molecule has 1 aliphatic rings. The molecule has 1 aromatic heterocycles. The van der Waals surface area contributed by atoms with E-state index in [1.165, 1.54) is 56.6 Å². The van der Waals surface area contributed by atoms with E-state index in [4.69, 9.17) is 0 Å². The fraction of sp³-hybridized carbons (Fsp3) is 0.318. The van der Waals surface area contributed by atoms with Crippen LogP contribution in [-0.4, -0.2) is 41.9 Å². The van der Waals surface area contributed by atoms with Crippen LogP contribution < -0.4 is 5.32 Å². The molecule has 0 spiro atoms. The molecule has 2 aromatic carbocycles. The molecule has 0 aliphatic carbocycles. The van der Waals surface area contributed by atoms with Gasteiger partial charge in [0.05, 0.1) is 4.90 Å². The summed E-state index contributed by atoms with van der Waals surface area (Å²) in [5.74, 6) is 0.431. The fourth-order valence-electron chi connectivity index (χ4n) is 3.44. The molecule has 0 radical (unpaired) electrons. The highest BCUT2D eigenvalue weighted by atomic mass is 32.2. The largest absolute Gasteiger partial charge is 0.296 e. The average molecular weight is 489 g/mol. The molecule has 1 saturated heterocycles. The summed E-state index contributed by atoms with van der Waals surface area (Å²) in [5.41, 5.74) is 4.07. The number of sulfonamides is 1. The lowest BCUT2D eigenvalue weighted by Crippen LogP contribution is -2.27. The number of carbonyl (C=O) groups excluding carboxylic acids is 1. The van der Waals surface area contributed by atoms with Gasteiger partial charge in [0.25, 0.3) is 5.91 Å². The first-order valence-corrected chi connectivity index (χ1v) is 13.5. The van der Waals surface area contributed by atoms with Crippen LogP contribution in [-0.2, 0) is 15.8 Å². The van der Waals surface area contributed by atoms with Crippen LogP contribution in [0.3, 0.4) is 0 Å². The Kier molecular flexibility index (Phi) is 6.94. The Morgan fingerprint density at radius 2 is 1.81 bits per heavy atom. The summed E-state index contributed by atoms with van der Waals surface area (Å²) in [6.45, 7) is 5.25. The third-order valence-corrected chi connectivity index (χ3v) is 9.24. The quantitative estimate of drug-likeness (QED) is 0.389. The molecule has 0 saturated carbocycles. The number of aryl methyl sites for hydroxylation is 2. The van der Waals surface area contributed by atoms with E-state index >= 15 is 0 Å². The zero-order chi connectivity index (χ0) is 22.7. The summed E-state index contributed by atoms with van der Waals surface area (Å²) in [6, 6.07) is 12.4. The van der Waals surface area contributed by atoms with Gasteiger partial charge in [0.15, 0.2) is 4.34 Å². The number of carbonyl (C=O) groups is 1. The predicted octanol–water partition coefficient (Wildman–Crippen LogP) is 4.48. The van der Waals surface area contributed by atoms with Crippen molar-refractivity contribution in [2.24, 2.45) is 0 Å². The lowest BCUT2D eigenvalue weighted by atomic mass is 10.1. The summed E-state index contributed by atoms with van der Waals surface area (Å²) >= 11 is 2.89. The number of nitrogens with one attached hydrogen (secondary N) is 1. The third kappa shape index (κ3) is 5.20. The molecule has 7 nitrogen and oxygen atoms in total. The van der Waals surface area contributed by atoms with E-state index in [9.17, 15) is 13.2 Å². The van der Waals surface area contributed by atoms with E-state index < -0.39 is 10.0 Å². The Labute approximate surface area is 196 Å². The van der Waals surface area contributed by atoms with Crippen LogP contribution in [0, 0.1) is 13.8 Å². The van der Waals surface area contributed by atoms with Crippen LogP contribution >= 0.6 is 23.1 Å². The Morgan fingerprint density at radius 3 is 2.53 bits per heavy atom. The van der Waals surface area contributed by atoms with Gasteiger partial charge in [0.2, 0.25) is 15.2 Å². The second kappa shape index (κ2) is 9.70. The Morgan fingerprint density at radius 1 is 1.09 bits per heavy atom. The van der Waals surface area contributed by atoms with Gasteiger partial charge < -0.3 is 0 Å². The number of anilines is 1. The molecule has 2 heterocycles. The van der Waals surface area contributed by atoms with Crippen molar-refractivity contribution in [1.82, 2.24) is 14.5 Å². The summed E-state index contributed by atoms with van der Waals surface area (Å²) < 4.78 is 27.5. The molecule has 1 N–H and O–H groups in total. The van der Waals surface area contributed by atoms with Gasteiger partial charge >= 0.3 is 0 Å². The van der Waals surface area contributed by atoms with Crippen LogP contribution in [0.1, 0.15) is 39.9 Å². The summed E-state index contributed by atoms with van der Waals surface area (Å²) in [7, 11) is -3.49. The number of aromatic nitrogens is 2. The van der Waals surface area contributed by atoms with Crippen LogP contribution in [0.25, 0.3) is 0 Å². The van der Waals surface area contributed by atoms with E-state index in [0.29, 0.717) is 23.8 Å². The number of nitrogens with zero attached hydrogens (tertiary/aromatic N) is 3. The first kappa shape index (κ1) is 22.9. The molecule has 0 atom stereocenters. The lowest BCUT2D eigenvalue weighted by molar-refractivity contribution is 0.102. The molecule has 0 unspecified atom stereocenters. The van der Waals surface area contributed by atoms with Gasteiger partial charge in [-0.1, -0.05) is 46.9 Å². The molecular formula is C22H24N4O3S3. The fourth-order valence-corrected chi connectivity index (χ4v) is 6.77. The topological polar surface area (TPSA) is 92.3 Å². The minimum atomic E-state index is -3.49. The number of thioether (sulfide) groups is 1. The molecule has 1 fully saturated rings. The van der Waals surface area contributed by atoms with Gasteiger partial charge in [-0.3, -0.25) is 10.1 Å². The molecule has 10 heteroatoms. The highest BCUT2D eigenvalue weighted by Gasteiger charge is 2.27. The maximum absolute atomic E-state index is 12.6. The van der Waals surface area contributed by atoms with Crippen LogP contribution in [0.5, 0.6) is 0 Å². The molecule has 0 bridgehead atoms. The zero-order valence-corrected chi connectivity index (χ0v) is 20.3. The van der Waals surface area contributed by atoms with E-state index in [1.54, 1.807) is 11.8 Å². The highest BCUT2D eigenvalue weighted by molar-refractivity contribution is 8.00. The van der Waals surface area contributed by atoms with Crippen LogP contribution in [0.4, 0.5) is 5.13 Å². The first-order valence-electron chi connectivity index (χ1n) is 10.3. The summed E-state index contributed by atoms with van der Waals surface area (Å²) in [4.78, 5) is 12.8. The highest BCUT2D eigenvalue weighted by Crippen LogP contribution is 2.30. The van der Waals surface area contributed by atoms with E-state index in [2.05, 4.69) is 47.6 Å². The van der Waals surface area contributed by atoms with Crippen LogP contribution in [0.2, 0.25) is 0 Å². The van der Waals surface area contributed by atoms with Crippen molar-refractivity contribution in [2.45, 2.75) is 41.7 Å². The third-order valence-electron chi connectivity index (χ3n) is 5.30. The molecule has 4 rings (SSSR count). The van der Waals surface area contributed by atoms with Crippen molar-refractivity contribution < 1.29 is 13.2 Å². The molecular weight excluding hydrogens is 464 g/mol. The zero-order valence-electron chi connectivity index (χ0n) is 17.9. The normalized spacial score (nSPS) is 14.6. The Bertz CT molecular complexity index is 1220. The van der Waals surface area contributed by atoms with E-state index in [-0.39, 0.29) is 10.8 Å². The van der Waals surface area contributed by atoms with Gasteiger partial charge in [-0.2, -0.15) is 4.31 Å². The second-order valence-electron chi connectivity index (χ2n) is 7.68. The van der Waals surface area contributed by atoms with Gasteiger partial charge in [0, 0.05) is 24.4 Å². The van der Waals surface area contributed by atoms with Crippen molar-refractivity contribution >= 4 is 44.2 Å². The van der Waals surface area contributed by atoms with Gasteiger partial charge in [-0.15, -0.1) is 10.2 Å². The minimum Gasteiger partial charge on any atom is -0.296 e. The molecule has 3 aromatic rings. The maximum Gasteiger partial charge on any atom is 0.257 e. The number of amides is 1. The van der Waals surface area contributed by atoms with Gasteiger partial charge in [0.1, 0.15) is 0 Å². The van der Waals surface area contributed by atoms with Crippen LogP contribution in [0.15, 0.2) is 51.7 Å². The number of benzene rings is 2. The van der Waals surface area contributed by atoms with Crippen molar-refractivity contribution in [1.29, 1.82) is 0 Å². The minimum absolute atomic E-state index is 0.206. The van der Waals surface area contributed by atoms with Crippen molar-refractivity contribution in [3.8, 4) is 0 Å². The van der Waals surface area contributed by atoms with E-state index in [0.717, 1.165) is 22.9 Å². The molecule has 1 amide bonds. The van der Waals surface area contributed by atoms with Gasteiger partial charge in [-0.05, 0) is 62.1 Å². The Balaban J connectivity index is 1.37. The molecule has 32 heavy (non-hydrogen) atoms. The number of rotatable bonds is 7. The smallest absolute Gasteiger partial charge is 0.257 e. The van der Waals surface area contributed by atoms with Crippen molar-refractivity contribution in [3.05, 3.63) is 64.7 Å². The number of hydrogen-bond donors (Lipinski definition) is 1. The molecule has 1 aliphatic heterocycles.